The van der Waals surface area contributed by atoms with Crippen LogP contribution in [-0.4, -0.2) is 35.3 Å². The fourth-order valence-corrected chi connectivity index (χ4v) is 3.92. The van der Waals surface area contributed by atoms with Crippen molar-refractivity contribution in [2.45, 2.75) is 12.6 Å². The summed E-state index contributed by atoms with van der Waals surface area (Å²) >= 11 is 5.80. The molecule has 1 aromatic heterocycles. The maximum Gasteiger partial charge on any atom is 0.174 e. The number of methoxy groups -OCH3 is 2. The van der Waals surface area contributed by atoms with Gasteiger partial charge in [0, 0.05) is 30.7 Å². The zero-order valence-electron chi connectivity index (χ0n) is 16.0. The van der Waals surface area contributed by atoms with Crippen LogP contribution in [0.5, 0.6) is 11.5 Å². The lowest BCUT2D eigenvalue weighted by atomic mass is 10.00. The molecule has 0 saturated carbocycles. The van der Waals surface area contributed by atoms with Gasteiger partial charge < -0.3 is 24.3 Å². The van der Waals surface area contributed by atoms with Gasteiger partial charge in [0.2, 0.25) is 0 Å². The predicted octanol–water partition coefficient (Wildman–Crippen LogP) is 4.31. The molecule has 0 bridgehead atoms. The second-order valence-electron chi connectivity index (χ2n) is 6.65. The van der Waals surface area contributed by atoms with E-state index in [4.69, 9.17) is 21.7 Å². The van der Waals surface area contributed by atoms with Crippen molar-refractivity contribution in [3.8, 4) is 11.5 Å². The standard InChI is InChI=1S/C22H23N3O2S/c1-26-18-9-5-16(6-10-18)21-20-4-3-13-24(20)14-15-25(21)22(28)23-17-7-11-19(27-2)12-8-17/h3-13,21H,14-15H2,1-2H3,(H,23,28)/t21-/m1/s1. The number of hydrogen-bond acceptors (Lipinski definition) is 3. The SMILES string of the molecule is COc1ccc(NC(=S)N2CCn3cccc3[C@H]2c2ccc(OC)cc2)cc1. The third-order valence-corrected chi connectivity index (χ3v) is 5.41. The normalized spacial score (nSPS) is 15.6. The Balaban J connectivity index is 1.62. The van der Waals surface area contributed by atoms with Gasteiger partial charge in [0.05, 0.1) is 20.3 Å². The van der Waals surface area contributed by atoms with Crippen LogP contribution in [-0.2, 0) is 6.54 Å². The molecule has 1 aliphatic rings. The molecule has 1 atom stereocenters. The van der Waals surface area contributed by atoms with Gasteiger partial charge in [0.15, 0.2) is 5.11 Å². The van der Waals surface area contributed by atoms with Crippen LogP contribution in [0.25, 0.3) is 0 Å². The van der Waals surface area contributed by atoms with Crippen LogP contribution in [0.4, 0.5) is 5.69 Å². The number of nitrogens with one attached hydrogen (secondary N) is 1. The first-order valence-corrected chi connectivity index (χ1v) is 9.61. The maximum absolute atomic E-state index is 5.80. The molecular formula is C22H23N3O2S. The van der Waals surface area contributed by atoms with Crippen molar-refractivity contribution in [1.82, 2.24) is 9.47 Å². The number of rotatable bonds is 4. The van der Waals surface area contributed by atoms with Gasteiger partial charge in [-0.2, -0.15) is 0 Å². The average Bonchev–Trinajstić information content (AvgIpc) is 3.22. The molecule has 6 heteroatoms. The van der Waals surface area contributed by atoms with Crippen molar-refractivity contribution in [2.24, 2.45) is 0 Å². The van der Waals surface area contributed by atoms with Crippen molar-refractivity contribution in [1.29, 1.82) is 0 Å². The molecule has 4 rings (SSSR count). The van der Waals surface area contributed by atoms with Crippen molar-refractivity contribution in [3.05, 3.63) is 78.1 Å². The third kappa shape index (κ3) is 3.55. The van der Waals surface area contributed by atoms with Gasteiger partial charge in [-0.05, 0) is 66.3 Å². The van der Waals surface area contributed by atoms with Crippen LogP contribution in [0.1, 0.15) is 17.3 Å². The highest BCUT2D eigenvalue weighted by molar-refractivity contribution is 7.80. The summed E-state index contributed by atoms with van der Waals surface area (Å²) in [6.45, 7) is 1.74. The van der Waals surface area contributed by atoms with Gasteiger partial charge in [-0.15, -0.1) is 0 Å². The molecule has 5 nitrogen and oxygen atoms in total. The van der Waals surface area contributed by atoms with E-state index in [-0.39, 0.29) is 6.04 Å². The minimum absolute atomic E-state index is 0.0490. The Hall–Kier alpha value is -2.99. The Morgan fingerprint density at radius 3 is 2.21 bits per heavy atom. The first-order valence-electron chi connectivity index (χ1n) is 9.20. The van der Waals surface area contributed by atoms with E-state index in [1.165, 1.54) is 11.3 Å². The number of hydrogen-bond donors (Lipinski definition) is 1. The summed E-state index contributed by atoms with van der Waals surface area (Å²) in [6.07, 6.45) is 2.13. The zero-order chi connectivity index (χ0) is 19.5. The third-order valence-electron chi connectivity index (χ3n) is 5.07. The van der Waals surface area contributed by atoms with E-state index in [0.717, 1.165) is 30.3 Å². The summed E-state index contributed by atoms with van der Waals surface area (Å²) in [5, 5.41) is 4.08. The minimum atomic E-state index is 0.0490. The fraction of sp³-hybridized carbons (Fsp3) is 0.227. The molecule has 144 valence electrons. The number of nitrogens with zero attached hydrogens (tertiary/aromatic N) is 2. The zero-order valence-corrected chi connectivity index (χ0v) is 16.8. The highest BCUT2D eigenvalue weighted by atomic mass is 32.1. The van der Waals surface area contributed by atoms with E-state index < -0.39 is 0 Å². The Bertz CT molecular complexity index is 951. The highest BCUT2D eigenvalue weighted by Gasteiger charge is 2.30. The van der Waals surface area contributed by atoms with E-state index >= 15 is 0 Å². The minimum Gasteiger partial charge on any atom is -0.497 e. The lowest BCUT2D eigenvalue weighted by Crippen LogP contribution is -2.44. The molecule has 0 fully saturated rings. The molecule has 2 heterocycles. The predicted molar refractivity (Wildman–Crippen MR) is 115 cm³/mol. The van der Waals surface area contributed by atoms with Gasteiger partial charge in [-0.3, -0.25) is 0 Å². The molecule has 1 N–H and O–H groups in total. The topological polar surface area (TPSA) is 38.7 Å². The van der Waals surface area contributed by atoms with Crippen LogP contribution in [0.3, 0.4) is 0 Å². The van der Waals surface area contributed by atoms with Crippen LogP contribution in [0.15, 0.2) is 66.9 Å². The quantitative estimate of drug-likeness (QED) is 0.669. The Labute approximate surface area is 170 Å². The second kappa shape index (κ2) is 7.94. The van der Waals surface area contributed by atoms with Gasteiger partial charge in [-0.25, -0.2) is 0 Å². The first kappa shape index (κ1) is 18.4. The Morgan fingerprint density at radius 1 is 0.929 bits per heavy atom. The number of thiocarbonyl (C=S) groups is 1. The molecule has 1 aliphatic heterocycles. The summed E-state index contributed by atoms with van der Waals surface area (Å²) in [5.41, 5.74) is 3.36. The first-order chi connectivity index (χ1) is 13.7. The Morgan fingerprint density at radius 2 is 1.57 bits per heavy atom. The summed E-state index contributed by atoms with van der Waals surface area (Å²) in [5.74, 6) is 1.67. The molecule has 0 saturated heterocycles. The lowest BCUT2D eigenvalue weighted by Gasteiger charge is -2.39. The largest absolute Gasteiger partial charge is 0.497 e. The van der Waals surface area contributed by atoms with E-state index in [0.29, 0.717) is 5.11 Å². The number of anilines is 1. The van der Waals surface area contributed by atoms with E-state index in [9.17, 15) is 0 Å². The van der Waals surface area contributed by atoms with Gasteiger partial charge in [0.25, 0.3) is 0 Å². The van der Waals surface area contributed by atoms with Crippen LogP contribution >= 0.6 is 12.2 Å². The smallest absolute Gasteiger partial charge is 0.174 e. The van der Waals surface area contributed by atoms with Crippen LogP contribution in [0, 0.1) is 0 Å². The average molecular weight is 394 g/mol. The van der Waals surface area contributed by atoms with Gasteiger partial charge >= 0.3 is 0 Å². The van der Waals surface area contributed by atoms with Crippen molar-refractivity contribution in [2.75, 3.05) is 26.1 Å². The molecule has 2 aromatic carbocycles. The molecule has 0 spiro atoms. The summed E-state index contributed by atoms with van der Waals surface area (Å²) in [6, 6.07) is 20.3. The number of fused-ring (bicyclic) bond motifs is 1. The molecule has 0 amide bonds. The van der Waals surface area contributed by atoms with E-state index in [1.54, 1.807) is 14.2 Å². The summed E-state index contributed by atoms with van der Waals surface area (Å²) in [7, 11) is 3.34. The second-order valence-corrected chi connectivity index (χ2v) is 7.04. The fourth-order valence-electron chi connectivity index (χ4n) is 3.61. The molecule has 0 radical (unpaired) electrons. The van der Waals surface area contributed by atoms with Crippen molar-refractivity contribution < 1.29 is 9.47 Å². The van der Waals surface area contributed by atoms with E-state index in [2.05, 4.69) is 45.2 Å². The molecular weight excluding hydrogens is 370 g/mol. The molecule has 0 unspecified atom stereocenters. The van der Waals surface area contributed by atoms with Gasteiger partial charge in [0.1, 0.15) is 11.5 Å². The Kier molecular flexibility index (Phi) is 5.21. The number of ether oxygens (including phenoxy) is 2. The number of benzene rings is 2. The van der Waals surface area contributed by atoms with Crippen molar-refractivity contribution in [3.63, 3.8) is 0 Å². The molecule has 3 aromatic rings. The van der Waals surface area contributed by atoms with E-state index in [1.807, 2.05) is 36.4 Å². The highest BCUT2D eigenvalue weighted by Crippen LogP contribution is 2.33. The summed E-state index contributed by atoms with van der Waals surface area (Å²) in [4.78, 5) is 2.25. The van der Waals surface area contributed by atoms with Crippen LogP contribution in [0.2, 0.25) is 0 Å². The summed E-state index contributed by atoms with van der Waals surface area (Å²) < 4.78 is 12.8. The monoisotopic (exact) mass is 393 g/mol. The maximum atomic E-state index is 5.80. The van der Waals surface area contributed by atoms with Crippen LogP contribution < -0.4 is 14.8 Å². The van der Waals surface area contributed by atoms with Crippen molar-refractivity contribution >= 4 is 23.0 Å². The molecule has 0 aliphatic carbocycles. The molecule has 28 heavy (non-hydrogen) atoms. The van der Waals surface area contributed by atoms with Gasteiger partial charge in [-0.1, -0.05) is 12.1 Å². The number of aromatic nitrogens is 1. The lowest BCUT2D eigenvalue weighted by molar-refractivity contribution is 0.293.